The van der Waals surface area contributed by atoms with E-state index in [2.05, 4.69) is 25.9 Å². The molecule has 2 N–H and O–H groups in total. The van der Waals surface area contributed by atoms with E-state index in [1.54, 1.807) is 24.3 Å². The van der Waals surface area contributed by atoms with E-state index in [9.17, 15) is 9.59 Å². The number of aromatic amines is 2. The predicted octanol–water partition coefficient (Wildman–Crippen LogP) is 0.888. The number of aromatic nitrogens is 3. The number of hydrogen-bond acceptors (Lipinski definition) is 3. The molecule has 0 aliphatic heterocycles. The first kappa shape index (κ1) is 9.85. The summed E-state index contributed by atoms with van der Waals surface area (Å²) >= 11 is 3.29. The molecule has 0 aliphatic rings. The van der Waals surface area contributed by atoms with Crippen LogP contribution in [0.15, 0.2) is 38.3 Å². The molecule has 5 nitrogen and oxygen atoms in total. The van der Waals surface area contributed by atoms with Crippen molar-refractivity contribution in [3.05, 3.63) is 49.7 Å². The fourth-order valence-corrected chi connectivity index (χ4v) is 1.40. The molecule has 0 amide bonds. The second kappa shape index (κ2) is 3.82. The van der Waals surface area contributed by atoms with Gasteiger partial charge in [-0.1, -0.05) is 28.1 Å². The first-order chi connectivity index (χ1) is 7.15. The fraction of sp³-hybridized carbons (Fsp3) is 0. The summed E-state index contributed by atoms with van der Waals surface area (Å²) in [5, 5.41) is 0. The second-order valence-corrected chi connectivity index (χ2v) is 3.77. The molecule has 2 rings (SSSR count). The van der Waals surface area contributed by atoms with Crippen LogP contribution in [0.1, 0.15) is 0 Å². The van der Waals surface area contributed by atoms with Crippen LogP contribution >= 0.6 is 15.9 Å². The highest BCUT2D eigenvalue weighted by atomic mass is 79.9. The number of nitrogens with zero attached hydrogens (tertiary/aromatic N) is 1. The maximum atomic E-state index is 11.0. The Morgan fingerprint density at radius 2 is 1.73 bits per heavy atom. The van der Waals surface area contributed by atoms with E-state index < -0.39 is 11.4 Å². The average Bonchev–Trinajstić information content (AvgIpc) is 2.17. The molecule has 1 aromatic carbocycles. The summed E-state index contributed by atoms with van der Waals surface area (Å²) < 4.78 is 0.915. The Labute approximate surface area is 92.3 Å². The van der Waals surface area contributed by atoms with Gasteiger partial charge in [0.25, 0.3) is 0 Å². The van der Waals surface area contributed by atoms with E-state index in [4.69, 9.17) is 0 Å². The van der Waals surface area contributed by atoms with Crippen LogP contribution in [0, 0.1) is 0 Å². The molecule has 0 bridgehead atoms. The van der Waals surface area contributed by atoms with E-state index in [-0.39, 0.29) is 5.82 Å². The summed E-state index contributed by atoms with van der Waals surface area (Å²) in [7, 11) is 0. The molecule has 0 saturated carbocycles. The third kappa shape index (κ3) is 2.21. The molecular formula is C9H6BrN3O2. The Hall–Kier alpha value is -1.69. The normalized spacial score (nSPS) is 10.2. The number of H-pyrrole nitrogens is 2. The van der Waals surface area contributed by atoms with Crippen LogP contribution in [0.2, 0.25) is 0 Å². The highest BCUT2D eigenvalue weighted by Crippen LogP contribution is 2.16. The molecule has 0 aliphatic carbocycles. The number of hydrogen-bond donors (Lipinski definition) is 2. The third-order valence-electron chi connectivity index (χ3n) is 1.78. The Balaban J connectivity index is 2.59. The lowest BCUT2D eigenvalue weighted by Crippen LogP contribution is -2.25. The van der Waals surface area contributed by atoms with Gasteiger partial charge in [-0.15, -0.1) is 0 Å². The van der Waals surface area contributed by atoms with Crippen LogP contribution in [0.25, 0.3) is 11.4 Å². The van der Waals surface area contributed by atoms with Crippen LogP contribution < -0.4 is 11.4 Å². The first-order valence-corrected chi connectivity index (χ1v) is 4.91. The smallest absolute Gasteiger partial charge is 0.291 e. The molecule has 0 atom stereocenters. The van der Waals surface area contributed by atoms with Crippen LogP contribution in [0.3, 0.4) is 0 Å². The van der Waals surface area contributed by atoms with Gasteiger partial charge in [0.15, 0.2) is 0 Å². The first-order valence-electron chi connectivity index (χ1n) is 4.12. The Morgan fingerprint density at radius 1 is 1.07 bits per heavy atom. The number of halogens is 1. The minimum Gasteiger partial charge on any atom is -0.291 e. The molecular weight excluding hydrogens is 262 g/mol. The molecule has 2 aromatic rings. The third-order valence-corrected chi connectivity index (χ3v) is 2.31. The van der Waals surface area contributed by atoms with Gasteiger partial charge in [0.1, 0.15) is 5.82 Å². The Kier molecular flexibility index (Phi) is 2.51. The van der Waals surface area contributed by atoms with Gasteiger partial charge >= 0.3 is 11.4 Å². The lowest BCUT2D eigenvalue weighted by molar-refractivity contribution is 0.943. The van der Waals surface area contributed by atoms with Gasteiger partial charge in [-0.25, -0.2) is 9.59 Å². The van der Waals surface area contributed by atoms with E-state index in [1.165, 1.54) is 0 Å². The summed E-state index contributed by atoms with van der Waals surface area (Å²) in [6.45, 7) is 0. The van der Waals surface area contributed by atoms with Gasteiger partial charge < -0.3 is 0 Å². The molecule has 1 heterocycles. The lowest BCUT2D eigenvalue weighted by atomic mass is 10.2. The van der Waals surface area contributed by atoms with Crippen LogP contribution in [0.5, 0.6) is 0 Å². The Morgan fingerprint density at radius 3 is 2.33 bits per heavy atom. The molecule has 0 spiro atoms. The number of rotatable bonds is 1. The van der Waals surface area contributed by atoms with Gasteiger partial charge in [-0.2, -0.15) is 4.98 Å². The SMILES string of the molecule is O=c1nc(-c2ccc(Br)cc2)[nH]c(=O)[nH]1. The van der Waals surface area contributed by atoms with Gasteiger partial charge in [0, 0.05) is 10.0 Å². The zero-order chi connectivity index (χ0) is 10.8. The van der Waals surface area contributed by atoms with E-state index in [0.717, 1.165) is 4.47 Å². The summed E-state index contributed by atoms with van der Waals surface area (Å²) in [4.78, 5) is 30.0. The van der Waals surface area contributed by atoms with Crippen molar-refractivity contribution >= 4 is 15.9 Å². The highest BCUT2D eigenvalue weighted by Gasteiger charge is 2.01. The zero-order valence-electron chi connectivity index (χ0n) is 7.45. The number of benzene rings is 1. The van der Waals surface area contributed by atoms with Gasteiger partial charge in [0.05, 0.1) is 0 Å². The van der Waals surface area contributed by atoms with Crippen LogP contribution in [-0.4, -0.2) is 15.0 Å². The molecule has 0 radical (unpaired) electrons. The zero-order valence-corrected chi connectivity index (χ0v) is 9.04. The van der Waals surface area contributed by atoms with Crippen molar-refractivity contribution in [1.82, 2.24) is 15.0 Å². The van der Waals surface area contributed by atoms with Crippen molar-refractivity contribution in [2.45, 2.75) is 0 Å². The van der Waals surface area contributed by atoms with Crippen molar-refractivity contribution in [2.24, 2.45) is 0 Å². The molecule has 6 heteroatoms. The topological polar surface area (TPSA) is 78.6 Å². The summed E-state index contributed by atoms with van der Waals surface area (Å²) in [6.07, 6.45) is 0. The molecule has 0 unspecified atom stereocenters. The van der Waals surface area contributed by atoms with Crippen LogP contribution in [0.4, 0.5) is 0 Å². The molecule has 76 valence electrons. The summed E-state index contributed by atoms with van der Waals surface area (Å²) in [5.74, 6) is 0.260. The molecule has 0 saturated heterocycles. The maximum absolute atomic E-state index is 11.0. The van der Waals surface area contributed by atoms with E-state index >= 15 is 0 Å². The molecule has 15 heavy (non-hydrogen) atoms. The van der Waals surface area contributed by atoms with Crippen molar-refractivity contribution in [1.29, 1.82) is 0 Å². The predicted molar refractivity (Wildman–Crippen MR) is 58.6 cm³/mol. The minimum absolute atomic E-state index is 0.260. The van der Waals surface area contributed by atoms with Crippen LogP contribution in [-0.2, 0) is 0 Å². The quantitative estimate of drug-likeness (QED) is 0.806. The Bertz CT molecular complexity index is 557. The summed E-state index contributed by atoms with van der Waals surface area (Å²) in [5.41, 5.74) is -0.536. The molecule has 0 fully saturated rings. The van der Waals surface area contributed by atoms with Crippen molar-refractivity contribution in [3.8, 4) is 11.4 Å². The van der Waals surface area contributed by atoms with Gasteiger partial charge in [-0.05, 0) is 12.1 Å². The highest BCUT2D eigenvalue weighted by molar-refractivity contribution is 9.10. The average molecular weight is 268 g/mol. The molecule has 1 aromatic heterocycles. The minimum atomic E-state index is -0.656. The van der Waals surface area contributed by atoms with Crippen molar-refractivity contribution in [3.63, 3.8) is 0 Å². The fourth-order valence-electron chi connectivity index (χ4n) is 1.14. The lowest BCUT2D eigenvalue weighted by Gasteiger charge is -1.98. The van der Waals surface area contributed by atoms with Gasteiger partial charge in [-0.3, -0.25) is 9.97 Å². The van der Waals surface area contributed by atoms with E-state index in [1.807, 2.05) is 4.98 Å². The largest absolute Gasteiger partial charge is 0.351 e. The van der Waals surface area contributed by atoms with Crippen molar-refractivity contribution < 1.29 is 0 Å². The standard InChI is InChI=1S/C9H6BrN3O2/c10-6-3-1-5(2-4-6)7-11-8(14)13-9(15)12-7/h1-4H,(H2,11,12,13,14,15). The summed E-state index contributed by atoms with van der Waals surface area (Å²) in [6, 6.07) is 7.11. The van der Waals surface area contributed by atoms with Gasteiger partial charge in [0.2, 0.25) is 0 Å². The second-order valence-electron chi connectivity index (χ2n) is 2.85. The monoisotopic (exact) mass is 267 g/mol. The van der Waals surface area contributed by atoms with Crippen molar-refractivity contribution in [2.75, 3.05) is 0 Å². The number of nitrogens with one attached hydrogen (secondary N) is 2. The van der Waals surface area contributed by atoms with E-state index in [0.29, 0.717) is 5.56 Å². The maximum Gasteiger partial charge on any atom is 0.351 e.